The molecular weight excluding hydrogens is 230 g/mol. The average Bonchev–Trinajstić information content (AvgIpc) is 2.12. The van der Waals surface area contributed by atoms with Gasteiger partial charge in [0.25, 0.3) is 0 Å². The molecule has 13 heavy (non-hydrogen) atoms. The van der Waals surface area contributed by atoms with Crippen molar-refractivity contribution in [2.45, 2.75) is 24.6 Å². The van der Waals surface area contributed by atoms with E-state index in [1.165, 1.54) is 26.1 Å². The number of alkyl halides is 1. The lowest BCUT2D eigenvalue weighted by Gasteiger charge is -2.34. The second-order valence-electron chi connectivity index (χ2n) is 3.93. The maximum absolute atomic E-state index is 5.04. The molecule has 0 aromatic heterocycles. The summed E-state index contributed by atoms with van der Waals surface area (Å²) < 4.78 is 5.04. The first-order chi connectivity index (χ1) is 6.24. The van der Waals surface area contributed by atoms with Gasteiger partial charge in [0.15, 0.2) is 0 Å². The van der Waals surface area contributed by atoms with Crippen molar-refractivity contribution in [3.8, 4) is 0 Å². The van der Waals surface area contributed by atoms with Gasteiger partial charge in [0, 0.05) is 31.6 Å². The third kappa shape index (κ3) is 3.96. The van der Waals surface area contributed by atoms with Gasteiger partial charge in [-0.15, -0.1) is 0 Å². The summed E-state index contributed by atoms with van der Waals surface area (Å²) in [6.07, 6.45) is 2.48. The highest BCUT2D eigenvalue weighted by atomic mass is 79.9. The van der Waals surface area contributed by atoms with Crippen LogP contribution in [0.15, 0.2) is 0 Å². The fraction of sp³-hybridized carbons (Fsp3) is 1.00. The lowest BCUT2D eigenvalue weighted by atomic mass is 9.99. The first kappa shape index (κ1) is 11.5. The van der Waals surface area contributed by atoms with Crippen LogP contribution in [-0.4, -0.2) is 43.1 Å². The van der Waals surface area contributed by atoms with Crippen LogP contribution in [0.3, 0.4) is 0 Å². The second kappa shape index (κ2) is 5.99. The van der Waals surface area contributed by atoms with Gasteiger partial charge >= 0.3 is 0 Å². The van der Waals surface area contributed by atoms with Gasteiger partial charge in [0.2, 0.25) is 0 Å². The number of piperidine rings is 1. The highest BCUT2D eigenvalue weighted by molar-refractivity contribution is 9.09. The maximum atomic E-state index is 5.04. The minimum Gasteiger partial charge on any atom is -0.385 e. The molecule has 1 aliphatic heterocycles. The van der Waals surface area contributed by atoms with Crippen molar-refractivity contribution < 1.29 is 4.74 Å². The molecule has 1 aliphatic rings. The van der Waals surface area contributed by atoms with Crippen LogP contribution in [0.1, 0.15) is 19.8 Å². The summed E-state index contributed by atoms with van der Waals surface area (Å²) in [4.78, 5) is 3.21. The van der Waals surface area contributed by atoms with Gasteiger partial charge in [-0.3, -0.25) is 0 Å². The molecule has 1 rings (SSSR count). The Bertz CT molecular complexity index is 143. The number of likely N-dealkylation sites (tertiary alicyclic amines) is 1. The average molecular weight is 250 g/mol. The third-order valence-electron chi connectivity index (χ3n) is 2.77. The maximum Gasteiger partial charge on any atom is 0.0474 e. The zero-order valence-electron chi connectivity index (χ0n) is 8.63. The van der Waals surface area contributed by atoms with Crippen molar-refractivity contribution in [3.05, 3.63) is 0 Å². The summed E-state index contributed by atoms with van der Waals surface area (Å²) in [5, 5.41) is 0. The molecule has 1 fully saturated rings. The molecule has 3 heteroatoms. The number of rotatable bonds is 4. The molecule has 0 radical (unpaired) electrons. The number of hydrogen-bond acceptors (Lipinski definition) is 2. The summed E-state index contributed by atoms with van der Waals surface area (Å²) in [6, 6.07) is 0. The molecule has 0 aromatic carbocycles. The standard InChI is InChI=1S/C10H20BrNO/c1-9-4-6-12(8-10(9)11)5-3-7-13-2/h9-10H,3-8H2,1-2H3. The van der Waals surface area contributed by atoms with Crippen LogP contribution in [0.5, 0.6) is 0 Å². The van der Waals surface area contributed by atoms with E-state index in [9.17, 15) is 0 Å². The summed E-state index contributed by atoms with van der Waals surface area (Å²) >= 11 is 3.73. The lowest BCUT2D eigenvalue weighted by molar-refractivity contribution is 0.154. The van der Waals surface area contributed by atoms with Crippen molar-refractivity contribution in [1.82, 2.24) is 4.90 Å². The van der Waals surface area contributed by atoms with E-state index in [-0.39, 0.29) is 0 Å². The van der Waals surface area contributed by atoms with E-state index in [2.05, 4.69) is 27.8 Å². The number of halogens is 1. The van der Waals surface area contributed by atoms with Gasteiger partial charge in [-0.05, 0) is 25.3 Å². The lowest BCUT2D eigenvalue weighted by Crippen LogP contribution is -2.40. The van der Waals surface area contributed by atoms with Gasteiger partial charge in [-0.25, -0.2) is 0 Å². The SMILES string of the molecule is COCCCN1CCC(C)C(Br)C1. The Balaban J connectivity index is 2.14. The Labute approximate surface area is 89.8 Å². The molecule has 0 saturated carbocycles. The minimum absolute atomic E-state index is 0.684. The Morgan fingerprint density at radius 2 is 2.31 bits per heavy atom. The van der Waals surface area contributed by atoms with Crippen LogP contribution in [-0.2, 0) is 4.74 Å². The Kier molecular flexibility index (Phi) is 5.29. The predicted molar refractivity (Wildman–Crippen MR) is 59.4 cm³/mol. The molecule has 0 spiro atoms. The highest BCUT2D eigenvalue weighted by Crippen LogP contribution is 2.23. The molecule has 0 amide bonds. The minimum atomic E-state index is 0.684. The van der Waals surface area contributed by atoms with E-state index in [4.69, 9.17) is 4.74 Å². The van der Waals surface area contributed by atoms with Crippen molar-refractivity contribution in [2.24, 2.45) is 5.92 Å². The summed E-state index contributed by atoms with van der Waals surface area (Å²) in [7, 11) is 1.77. The van der Waals surface area contributed by atoms with Crippen LogP contribution in [0.2, 0.25) is 0 Å². The number of ether oxygens (including phenoxy) is 1. The van der Waals surface area contributed by atoms with Crippen LogP contribution < -0.4 is 0 Å². The summed E-state index contributed by atoms with van der Waals surface area (Å²) in [6.45, 7) is 6.85. The topological polar surface area (TPSA) is 12.5 Å². The van der Waals surface area contributed by atoms with E-state index in [1.807, 2.05) is 0 Å². The summed E-state index contributed by atoms with van der Waals surface area (Å²) in [5.74, 6) is 0.832. The molecule has 2 nitrogen and oxygen atoms in total. The molecule has 0 N–H and O–H groups in total. The molecular formula is C10H20BrNO. The van der Waals surface area contributed by atoms with Crippen molar-refractivity contribution in [3.63, 3.8) is 0 Å². The Morgan fingerprint density at radius 1 is 1.54 bits per heavy atom. The van der Waals surface area contributed by atoms with Crippen molar-refractivity contribution >= 4 is 15.9 Å². The second-order valence-corrected chi connectivity index (χ2v) is 5.11. The fourth-order valence-corrected chi connectivity index (χ4v) is 2.39. The largest absolute Gasteiger partial charge is 0.385 e. The highest BCUT2D eigenvalue weighted by Gasteiger charge is 2.23. The van der Waals surface area contributed by atoms with Crippen molar-refractivity contribution in [2.75, 3.05) is 33.4 Å². The molecule has 1 saturated heterocycles. The quantitative estimate of drug-likeness (QED) is 0.560. The number of nitrogens with zero attached hydrogens (tertiary/aromatic N) is 1. The van der Waals surface area contributed by atoms with Crippen LogP contribution in [0.4, 0.5) is 0 Å². The van der Waals surface area contributed by atoms with Gasteiger partial charge < -0.3 is 9.64 Å². The molecule has 2 atom stereocenters. The molecule has 0 aromatic rings. The molecule has 78 valence electrons. The molecule has 2 unspecified atom stereocenters. The Hall–Kier alpha value is 0.400. The number of methoxy groups -OCH3 is 1. The predicted octanol–water partition coefficient (Wildman–Crippen LogP) is 2.13. The number of hydrogen-bond donors (Lipinski definition) is 0. The smallest absolute Gasteiger partial charge is 0.0474 e. The monoisotopic (exact) mass is 249 g/mol. The van der Waals surface area contributed by atoms with E-state index in [0.29, 0.717) is 4.83 Å². The Morgan fingerprint density at radius 3 is 2.92 bits per heavy atom. The zero-order valence-corrected chi connectivity index (χ0v) is 10.2. The van der Waals surface area contributed by atoms with E-state index >= 15 is 0 Å². The van der Waals surface area contributed by atoms with Gasteiger partial charge in [-0.1, -0.05) is 22.9 Å². The van der Waals surface area contributed by atoms with Crippen molar-refractivity contribution in [1.29, 1.82) is 0 Å². The first-order valence-corrected chi connectivity index (χ1v) is 6.01. The van der Waals surface area contributed by atoms with Crippen LogP contribution in [0, 0.1) is 5.92 Å². The zero-order chi connectivity index (χ0) is 9.68. The normalized spacial score (nSPS) is 30.7. The fourth-order valence-electron chi connectivity index (χ4n) is 1.72. The third-order valence-corrected chi connectivity index (χ3v) is 3.97. The van der Waals surface area contributed by atoms with E-state index in [1.54, 1.807) is 7.11 Å². The van der Waals surface area contributed by atoms with Gasteiger partial charge in [0.1, 0.15) is 0 Å². The van der Waals surface area contributed by atoms with Gasteiger partial charge in [0.05, 0.1) is 0 Å². The molecule has 0 aliphatic carbocycles. The van der Waals surface area contributed by atoms with E-state index < -0.39 is 0 Å². The van der Waals surface area contributed by atoms with E-state index in [0.717, 1.165) is 18.9 Å². The van der Waals surface area contributed by atoms with Gasteiger partial charge in [-0.2, -0.15) is 0 Å². The molecule has 1 heterocycles. The summed E-state index contributed by atoms with van der Waals surface area (Å²) in [5.41, 5.74) is 0. The molecule has 0 bridgehead atoms. The van der Waals surface area contributed by atoms with Crippen LogP contribution in [0.25, 0.3) is 0 Å². The first-order valence-electron chi connectivity index (χ1n) is 5.09. The van der Waals surface area contributed by atoms with Crippen LogP contribution >= 0.6 is 15.9 Å².